The molecule has 16 heavy (non-hydrogen) atoms. The van der Waals surface area contributed by atoms with Gasteiger partial charge in [-0.2, -0.15) is 0 Å². The van der Waals surface area contributed by atoms with E-state index in [-0.39, 0.29) is 6.61 Å². The van der Waals surface area contributed by atoms with Crippen LogP contribution in [-0.4, -0.2) is 54.5 Å². The van der Waals surface area contributed by atoms with Crippen LogP contribution in [-0.2, 0) is 4.74 Å². The molecule has 4 nitrogen and oxygen atoms in total. The summed E-state index contributed by atoms with van der Waals surface area (Å²) in [7, 11) is 0. The fourth-order valence-electron chi connectivity index (χ4n) is 2.95. The Bertz CT molecular complexity index is 205. The van der Waals surface area contributed by atoms with Crippen LogP contribution in [0.15, 0.2) is 0 Å². The van der Waals surface area contributed by atoms with Crippen LogP contribution in [0.25, 0.3) is 0 Å². The highest BCUT2D eigenvalue weighted by atomic mass is 16.5. The summed E-state index contributed by atoms with van der Waals surface area (Å²) in [4.78, 5) is 2.58. The monoisotopic (exact) mass is 228 g/mol. The van der Waals surface area contributed by atoms with Crippen LogP contribution in [0.1, 0.15) is 32.1 Å². The van der Waals surface area contributed by atoms with Gasteiger partial charge < -0.3 is 20.5 Å². The number of aliphatic hydroxyl groups is 1. The third-order valence-corrected chi connectivity index (χ3v) is 3.88. The number of hydrogen-bond donors (Lipinski definition) is 2. The van der Waals surface area contributed by atoms with Crippen LogP contribution < -0.4 is 5.73 Å². The lowest BCUT2D eigenvalue weighted by molar-refractivity contribution is -0.0148. The number of nitrogens with two attached hydrogens (primary N) is 1. The molecule has 0 aromatic carbocycles. The van der Waals surface area contributed by atoms with Crippen molar-refractivity contribution in [2.24, 2.45) is 5.73 Å². The molecule has 0 spiro atoms. The molecule has 3 N–H and O–H groups in total. The Kier molecular flexibility index (Phi) is 4.58. The van der Waals surface area contributed by atoms with E-state index >= 15 is 0 Å². The molecule has 0 bridgehead atoms. The largest absolute Gasteiger partial charge is 0.394 e. The number of likely N-dealkylation sites (tertiary alicyclic amines) is 1. The Labute approximate surface area is 97.7 Å². The van der Waals surface area contributed by atoms with E-state index in [9.17, 15) is 0 Å². The maximum atomic E-state index is 8.70. The molecule has 2 rings (SSSR count). The van der Waals surface area contributed by atoms with Crippen molar-refractivity contribution in [3.63, 3.8) is 0 Å². The van der Waals surface area contributed by atoms with Crippen LogP contribution >= 0.6 is 0 Å². The van der Waals surface area contributed by atoms with Crippen molar-refractivity contribution in [1.29, 1.82) is 0 Å². The summed E-state index contributed by atoms with van der Waals surface area (Å²) >= 11 is 0. The smallest absolute Gasteiger partial charge is 0.0701 e. The van der Waals surface area contributed by atoms with Crippen LogP contribution in [0.2, 0.25) is 0 Å². The topological polar surface area (TPSA) is 58.7 Å². The van der Waals surface area contributed by atoms with Gasteiger partial charge in [-0.15, -0.1) is 0 Å². The summed E-state index contributed by atoms with van der Waals surface area (Å²) < 4.78 is 5.56. The standard InChI is InChI=1S/C12H24N2O2/c13-10-1-2-11(9-10)14-5-3-12(4-6-14)16-8-7-15/h10-12,15H,1-9,13H2. The minimum absolute atomic E-state index is 0.137. The minimum atomic E-state index is 0.137. The van der Waals surface area contributed by atoms with Crippen molar-refractivity contribution in [1.82, 2.24) is 4.90 Å². The van der Waals surface area contributed by atoms with Gasteiger partial charge in [-0.3, -0.25) is 0 Å². The Balaban J connectivity index is 1.68. The van der Waals surface area contributed by atoms with Gasteiger partial charge in [0.25, 0.3) is 0 Å². The lowest BCUT2D eigenvalue weighted by Gasteiger charge is -2.35. The molecule has 4 heteroatoms. The molecule has 2 aliphatic rings. The molecule has 0 amide bonds. The second kappa shape index (κ2) is 5.96. The van der Waals surface area contributed by atoms with E-state index < -0.39 is 0 Å². The highest BCUT2D eigenvalue weighted by Gasteiger charge is 2.30. The fraction of sp³-hybridized carbons (Fsp3) is 1.00. The van der Waals surface area contributed by atoms with E-state index in [0.717, 1.165) is 25.9 Å². The first-order valence-electron chi connectivity index (χ1n) is 6.51. The molecule has 2 atom stereocenters. The molecule has 94 valence electrons. The van der Waals surface area contributed by atoms with E-state index in [1.807, 2.05) is 0 Å². The second-order valence-corrected chi connectivity index (χ2v) is 5.06. The zero-order chi connectivity index (χ0) is 11.4. The van der Waals surface area contributed by atoms with Crippen LogP contribution in [0.3, 0.4) is 0 Å². The molecule has 1 saturated carbocycles. The number of nitrogens with zero attached hydrogens (tertiary/aromatic N) is 1. The molecular formula is C12H24N2O2. The van der Waals surface area contributed by atoms with Gasteiger partial charge in [0.2, 0.25) is 0 Å². The maximum Gasteiger partial charge on any atom is 0.0701 e. The van der Waals surface area contributed by atoms with E-state index in [1.165, 1.54) is 19.3 Å². The molecule has 2 unspecified atom stereocenters. The van der Waals surface area contributed by atoms with Gasteiger partial charge >= 0.3 is 0 Å². The first kappa shape index (κ1) is 12.3. The Morgan fingerprint density at radius 1 is 1.19 bits per heavy atom. The summed E-state index contributed by atoms with van der Waals surface area (Å²) in [6.45, 7) is 2.89. The van der Waals surface area contributed by atoms with Gasteiger partial charge in [0.1, 0.15) is 0 Å². The third kappa shape index (κ3) is 3.17. The Morgan fingerprint density at radius 2 is 1.94 bits per heavy atom. The van der Waals surface area contributed by atoms with Gasteiger partial charge in [-0.1, -0.05) is 0 Å². The van der Waals surface area contributed by atoms with Gasteiger partial charge in [0.05, 0.1) is 19.3 Å². The normalized spacial score (nSPS) is 33.4. The lowest BCUT2D eigenvalue weighted by atomic mass is 10.0. The average molecular weight is 228 g/mol. The van der Waals surface area contributed by atoms with Gasteiger partial charge in [-0.05, 0) is 32.1 Å². The van der Waals surface area contributed by atoms with Gasteiger partial charge in [0, 0.05) is 25.2 Å². The number of piperidine rings is 1. The first-order chi connectivity index (χ1) is 7.79. The molecule has 1 saturated heterocycles. The zero-order valence-corrected chi connectivity index (χ0v) is 9.98. The number of aliphatic hydroxyl groups excluding tert-OH is 1. The van der Waals surface area contributed by atoms with Crippen LogP contribution in [0.5, 0.6) is 0 Å². The average Bonchev–Trinajstić information content (AvgIpc) is 2.74. The maximum absolute atomic E-state index is 8.70. The highest BCUT2D eigenvalue weighted by Crippen LogP contribution is 2.26. The third-order valence-electron chi connectivity index (χ3n) is 3.88. The number of rotatable bonds is 4. The Hall–Kier alpha value is -0.160. The highest BCUT2D eigenvalue weighted by molar-refractivity contribution is 4.87. The molecule has 1 aliphatic carbocycles. The van der Waals surface area contributed by atoms with Crippen molar-refractivity contribution in [3.8, 4) is 0 Å². The molecule has 1 heterocycles. The SMILES string of the molecule is NC1CCC(N2CCC(OCCO)CC2)C1. The van der Waals surface area contributed by atoms with Crippen LogP contribution in [0.4, 0.5) is 0 Å². The van der Waals surface area contributed by atoms with Gasteiger partial charge in [0.15, 0.2) is 0 Å². The second-order valence-electron chi connectivity index (χ2n) is 5.06. The van der Waals surface area contributed by atoms with E-state index in [0.29, 0.717) is 24.8 Å². The molecular weight excluding hydrogens is 204 g/mol. The molecule has 0 aromatic rings. The number of hydrogen-bond acceptors (Lipinski definition) is 4. The molecule has 0 radical (unpaired) electrons. The predicted molar refractivity (Wildman–Crippen MR) is 63.2 cm³/mol. The summed E-state index contributed by atoms with van der Waals surface area (Å²) in [5.74, 6) is 0. The summed E-state index contributed by atoms with van der Waals surface area (Å²) in [6, 6.07) is 1.14. The summed E-state index contributed by atoms with van der Waals surface area (Å²) in [6.07, 6.45) is 6.19. The quantitative estimate of drug-likeness (QED) is 0.728. The van der Waals surface area contributed by atoms with Crippen LogP contribution in [0, 0.1) is 0 Å². The predicted octanol–water partition coefficient (Wildman–Crippen LogP) is 0.339. The summed E-state index contributed by atoms with van der Waals surface area (Å²) in [5, 5.41) is 8.70. The van der Waals surface area contributed by atoms with Crippen molar-refractivity contribution in [2.75, 3.05) is 26.3 Å². The summed E-state index contributed by atoms with van der Waals surface area (Å²) in [5.41, 5.74) is 5.95. The van der Waals surface area contributed by atoms with E-state index in [4.69, 9.17) is 15.6 Å². The van der Waals surface area contributed by atoms with E-state index in [2.05, 4.69) is 4.90 Å². The first-order valence-corrected chi connectivity index (χ1v) is 6.51. The van der Waals surface area contributed by atoms with Crippen molar-refractivity contribution in [2.45, 2.75) is 50.3 Å². The van der Waals surface area contributed by atoms with Gasteiger partial charge in [-0.25, -0.2) is 0 Å². The molecule has 2 fully saturated rings. The lowest BCUT2D eigenvalue weighted by Crippen LogP contribution is -2.43. The zero-order valence-electron chi connectivity index (χ0n) is 9.98. The van der Waals surface area contributed by atoms with Crippen molar-refractivity contribution >= 4 is 0 Å². The van der Waals surface area contributed by atoms with E-state index in [1.54, 1.807) is 0 Å². The Morgan fingerprint density at radius 3 is 2.50 bits per heavy atom. The molecule has 0 aromatic heterocycles. The van der Waals surface area contributed by atoms with Crippen molar-refractivity contribution < 1.29 is 9.84 Å². The molecule has 1 aliphatic heterocycles. The fourth-order valence-corrected chi connectivity index (χ4v) is 2.95. The number of ether oxygens (including phenoxy) is 1. The minimum Gasteiger partial charge on any atom is -0.394 e. The van der Waals surface area contributed by atoms with Crippen molar-refractivity contribution in [3.05, 3.63) is 0 Å².